The van der Waals surface area contributed by atoms with E-state index in [0.29, 0.717) is 17.7 Å². The second kappa shape index (κ2) is 8.96. The van der Waals surface area contributed by atoms with E-state index in [-0.39, 0.29) is 23.2 Å². The molecule has 5 rings (SSSR count). The van der Waals surface area contributed by atoms with Crippen molar-refractivity contribution < 1.29 is 15.9 Å². The third-order valence-electron chi connectivity index (χ3n) is 7.14. The molecule has 0 aromatic carbocycles. The average molecular weight is 448 g/mol. The van der Waals surface area contributed by atoms with E-state index < -0.39 is 18.2 Å². The highest BCUT2D eigenvalue weighted by atomic mass is 19.4. The Bertz CT molecular complexity index is 981. The molecule has 2 aliphatic carbocycles. The van der Waals surface area contributed by atoms with Crippen molar-refractivity contribution in [1.82, 2.24) is 20.1 Å². The van der Waals surface area contributed by atoms with Gasteiger partial charge in [0.1, 0.15) is 5.82 Å². The number of nitrogens with one attached hydrogen (secondary N) is 1. The maximum Gasteiger partial charge on any atom is 0.417 e. The number of pyridine rings is 1. The van der Waals surface area contributed by atoms with Crippen LogP contribution in [0.2, 0.25) is 0 Å². The molecule has 2 aromatic heterocycles. The second-order valence-corrected chi connectivity index (χ2v) is 9.42. The number of anilines is 1. The molecule has 5 nitrogen and oxygen atoms in total. The zero-order chi connectivity index (χ0) is 23.9. The largest absolute Gasteiger partial charge is 0.417 e. The average Bonchev–Trinajstić information content (AvgIpc) is 3.39. The summed E-state index contributed by atoms with van der Waals surface area (Å²) in [5.41, 5.74) is -0.731. The maximum absolute atomic E-state index is 13.3. The molecule has 8 heteroatoms. The van der Waals surface area contributed by atoms with E-state index in [1.165, 1.54) is 12.5 Å². The first-order valence-corrected chi connectivity index (χ1v) is 11.6. The van der Waals surface area contributed by atoms with Gasteiger partial charge in [0.2, 0.25) is 0 Å². The van der Waals surface area contributed by atoms with Gasteiger partial charge in [-0.3, -0.25) is 4.98 Å². The lowest BCUT2D eigenvalue weighted by molar-refractivity contribution is -0.137. The summed E-state index contributed by atoms with van der Waals surface area (Å²) in [4.78, 5) is 5.89. The summed E-state index contributed by atoms with van der Waals surface area (Å²) >= 11 is 0. The van der Waals surface area contributed by atoms with Gasteiger partial charge in [-0.05, 0) is 61.6 Å². The number of alkyl halides is 3. The van der Waals surface area contributed by atoms with Crippen molar-refractivity contribution >= 4 is 5.82 Å². The van der Waals surface area contributed by atoms with Crippen molar-refractivity contribution in [2.75, 3.05) is 24.9 Å². The Kier molecular flexibility index (Phi) is 5.40. The Hall–Kier alpha value is -2.22. The van der Waals surface area contributed by atoms with Crippen molar-refractivity contribution in [3.05, 3.63) is 36.2 Å². The Labute approximate surface area is 189 Å². The van der Waals surface area contributed by atoms with Crippen molar-refractivity contribution in [2.45, 2.75) is 57.2 Å². The zero-order valence-corrected chi connectivity index (χ0v) is 18.0. The smallest absolute Gasteiger partial charge is 0.366 e. The molecule has 0 amide bonds. The van der Waals surface area contributed by atoms with E-state index in [4.69, 9.17) is 2.74 Å². The Morgan fingerprint density at radius 1 is 1.03 bits per heavy atom. The van der Waals surface area contributed by atoms with Gasteiger partial charge < -0.3 is 10.2 Å². The number of hydrogen-bond acceptors (Lipinski definition) is 5. The van der Waals surface area contributed by atoms with E-state index in [1.54, 1.807) is 6.07 Å². The molecule has 2 aromatic rings. The van der Waals surface area contributed by atoms with E-state index >= 15 is 0 Å². The molecule has 1 unspecified atom stereocenters. The second-order valence-electron chi connectivity index (χ2n) is 9.42. The quantitative estimate of drug-likeness (QED) is 0.678. The molecule has 1 aliphatic heterocycles. The number of hydrogen-bond donors (Lipinski definition) is 1. The molecular formula is C24H30F3N5. The van der Waals surface area contributed by atoms with Crippen LogP contribution in [0.1, 0.15) is 53.3 Å². The standard InChI is InChI=1S/C24H30F3N5/c25-24(26,27)21-8-9-28-12-20(21)22-6-7-23(31-30-22)29-19-10-17-14-32(15-18(17)11-19)13-16-4-2-1-3-5-16/h6-9,12,16-19H,1-5,10-11,13-15H2,(H,29,31)/t17-,18+,19?/i13D2. The van der Waals surface area contributed by atoms with Crippen LogP contribution in [0, 0.1) is 17.8 Å². The molecule has 3 heterocycles. The molecule has 1 N–H and O–H groups in total. The number of halogens is 3. The fourth-order valence-corrected chi connectivity index (χ4v) is 5.62. The van der Waals surface area contributed by atoms with Crippen molar-refractivity contribution in [3.8, 4) is 11.3 Å². The number of aromatic nitrogens is 3. The predicted molar refractivity (Wildman–Crippen MR) is 117 cm³/mol. The van der Waals surface area contributed by atoms with E-state index in [9.17, 15) is 13.2 Å². The van der Waals surface area contributed by atoms with E-state index in [2.05, 4.69) is 25.4 Å². The van der Waals surface area contributed by atoms with Gasteiger partial charge in [-0.15, -0.1) is 10.2 Å². The molecule has 1 saturated heterocycles. The molecule has 3 atom stereocenters. The minimum atomic E-state index is -4.49. The van der Waals surface area contributed by atoms with Crippen LogP contribution in [0.5, 0.6) is 0 Å². The highest BCUT2D eigenvalue weighted by Gasteiger charge is 2.41. The predicted octanol–water partition coefficient (Wildman–Crippen LogP) is 5.26. The summed E-state index contributed by atoms with van der Waals surface area (Å²) in [5.74, 6) is 1.59. The highest BCUT2D eigenvalue weighted by Crippen LogP contribution is 2.40. The van der Waals surface area contributed by atoms with E-state index in [0.717, 1.165) is 70.1 Å². The minimum Gasteiger partial charge on any atom is -0.366 e. The Morgan fingerprint density at radius 3 is 2.44 bits per heavy atom. The summed E-state index contributed by atoms with van der Waals surface area (Å²) in [6.45, 7) is 0.354. The fraction of sp³-hybridized carbons (Fsp3) is 0.625. The summed E-state index contributed by atoms with van der Waals surface area (Å²) in [5, 5.41) is 11.5. The molecule has 172 valence electrons. The molecule has 3 aliphatic rings. The van der Waals surface area contributed by atoms with Gasteiger partial charge in [-0.2, -0.15) is 13.2 Å². The van der Waals surface area contributed by atoms with Crippen LogP contribution < -0.4 is 5.32 Å². The van der Waals surface area contributed by atoms with Crippen LogP contribution in [0.15, 0.2) is 30.6 Å². The summed E-state index contributed by atoms with van der Waals surface area (Å²) in [7, 11) is 0. The summed E-state index contributed by atoms with van der Waals surface area (Å²) in [6, 6.07) is 4.36. The van der Waals surface area contributed by atoms with Gasteiger partial charge in [0.05, 0.1) is 11.3 Å². The zero-order valence-electron chi connectivity index (χ0n) is 20.0. The molecular weight excluding hydrogens is 415 g/mol. The number of fused-ring (bicyclic) bond motifs is 1. The number of rotatable bonds is 5. The summed E-state index contributed by atoms with van der Waals surface area (Å²) < 4.78 is 57.4. The van der Waals surface area contributed by atoms with Gasteiger partial charge in [0, 0.05) is 46.3 Å². The maximum atomic E-state index is 13.3. The number of likely N-dealkylation sites (tertiary alicyclic amines) is 1. The van der Waals surface area contributed by atoms with Gasteiger partial charge >= 0.3 is 6.18 Å². The topological polar surface area (TPSA) is 53.9 Å². The van der Waals surface area contributed by atoms with Crippen LogP contribution in [-0.2, 0) is 6.18 Å². The first-order valence-electron chi connectivity index (χ1n) is 12.6. The van der Waals surface area contributed by atoms with Crippen molar-refractivity contribution in [1.29, 1.82) is 0 Å². The van der Waals surface area contributed by atoms with E-state index in [1.807, 2.05) is 0 Å². The lowest BCUT2D eigenvalue weighted by Crippen LogP contribution is -2.30. The fourth-order valence-electron chi connectivity index (χ4n) is 5.62. The Balaban J connectivity index is 1.19. The molecule has 2 saturated carbocycles. The van der Waals surface area contributed by atoms with Crippen molar-refractivity contribution in [2.24, 2.45) is 17.8 Å². The molecule has 0 radical (unpaired) electrons. The molecule has 0 spiro atoms. The van der Waals surface area contributed by atoms with Crippen LogP contribution in [-0.4, -0.2) is 45.7 Å². The normalized spacial score (nSPS) is 28.3. The van der Waals surface area contributed by atoms with Crippen LogP contribution in [0.3, 0.4) is 0 Å². The van der Waals surface area contributed by atoms with Gasteiger partial charge in [-0.1, -0.05) is 19.3 Å². The van der Waals surface area contributed by atoms with Gasteiger partial charge in [0.25, 0.3) is 0 Å². The van der Waals surface area contributed by atoms with Crippen LogP contribution >= 0.6 is 0 Å². The highest BCUT2D eigenvalue weighted by molar-refractivity contribution is 5.63. The summed E-state index contributed by atoms with van der Waals surface area (Å²) in [6.07, 6.45) is 5.13. The molecule has 32 heavy (non-hydrogen) atoms. The lowest BCUT2D eigenvalue weighted by atomic mass is 9.89. The first kappa shape index (κ1) is 19.3. The molecule has 3 fully saturated rings. The van der Waals surface area contributed by atoms with Gasteiger partial charge in [0.15, 0.2) is 0 Å². The van der Waals surface area contributed by atoms with Crippen LogP contribution in [0.4, 0.5) is 19.0 Å². The van der Waals surface area contributed by atoms with Crippen LogP contribution in [0.25, 0.3) is 11.3 Å². The van der Waals surface area contributed by atoms with Gasteiger partial charge in [-0.25, -0.2) is 0 Å². The third-order valence-corrected chi connectivity index (χ3v) is 7.14. The first-order chi connectivity index (χ1) is 16.2. The van der Waals surface area contributed by atoms with Crippen molar-refractivity contribution in [3.63, 3.8) is 0 Å². The third kappa shape index (κ3) is 4.75. The molecule has 0 bridgehead atoms. The lowest BCUT2D eigenvalue weighted by Gasteiger charge is -2.27. The monoisotopic (exact) mass is 447 g/mol. The minimum absolute atomic E-state index is 0.0863. The SMILES string of the molecule is [2H]C([2H])(C1CCCCC1)N1C[C@H]2CC(Nc3ccc(-c4cnccc4C(F)(F)F)nn3)C[C@H]2C1. The Morgan fingerprint density at radius 2 is 1.78 bits per heavy atom. The number of nitrogens with zero attached hydrogens (tertiary/aromatic N) is 4.